The van der Waals surface area contributed by atoms with E-state index in [9.17, 15) is 29.1 Å². The molecule has 0 aliphatic heterocycles. The summed E-state index contributed by atoms with van der Waals surface area (Å²) in [6.45, 7) is 0.152. The third-order valence-electron chi connectivity index (χ3n) is 4.81. The van der Waals surface area contributed by atoms with Crippen molar-refractivity contribution in [1.29, 1.82) is 0 Å². The van der Waals surface area contributed by atoms with Gasteiger partial charge in [-0.15, -0.1) is 0 Å². The lowest BCUT2D eigenvalue weighted by molar-refractivity contribution is -0.142. The quantitative estimate of drug-likeness (QED) is 0.0465. The van der Waals surface area contributed by atoms with Gasteiger partial charge in [-0.3, -0.25) is 24.2 Å². The molecule has 0 saturated carbocycles. The number of nitrogens with two attached hydrogens (primary N) is 4. The number of thioether (sulfide) groups is 2. The highest BCUT2D eigenvalue weighted by atomic mass is 32.2. The van der Waals surface area contributed by atoms with Crippen LogP contribution in [0.4, 0.5) is 0 Å². The molecule has 0 aromatic carbocycles. The molecule has 12 N–H and O–H groups in total. The van der Waals surface area contributed by atoms with Crippen LogP contribution < -0.4 is 38.9 Å². The van der Waals surface area contributed by atoms with E-state index in [0.29, 0.717) is 17.9 Å². The van der Waals surface area contributed by atoms with Crippen LogP contribution in [0.5, 0.6) is 0 Å². The van der Waals surface area contributed by atoms with Gasteiger partial charge in [0.2, 0.25) is 23.6 Å². The van der Waals surface area contributed by atoms with Crippen LogP contribution >= 0.6 is 23.5 Å². The van der Waals surface area contributed by atoms with Gasteiger partial charge in [-0.05, 0) is 49.7 Å². The van der Waals surface area contributed by atoms with Gasteiger partial charge in [-0.25, -0.2) is 4.79 Å². The second-order valence-electron chi connectivity index (χ2n) is 7.81. The van der Waals surface area contributed by atoms with Gasteiger partial charge in [0.15, 0.2) is 5.96 Å². The van der Waals surface area contributed by atoms with Crippen molar-refractivity contribution in [3.8, 4) is 0 Å². The molecular weight excluding hydrogens is 512 g/mol. The summed E-state index contributed by atoms with van der Waals surface area (Å²) >= 11 is 2.97. The van der Waals surface area contributed by atoms with Crippen molar-refractivity contribution in [3.05, 3.63) is 0 Å². The first-order valence-electron chi connectivity index (χ1n) is 11.1. The highest BCUT2D eigenvalue weighted by Gasteiger charge is 2.31. The Labute approximate surface area is 218 Å². The Kier molecular flexibility index (Phi) is 17.1. The molecule has 0 saturated heterocycles. The lowest BCUT2D eigenvalue weighted by Crippen LogP contribution is -2.57. The van der Waals surface area contributed by atoms with Crippen molar-refractivity contribution in [2.75, 3.05) is 30.6 Å². The van der Waals surface area contributed by atoms with Gasteiger partial charge < -0.3 is 44.0 Å². The SMILES string of the molecule is CSCCC(N)C(=O)NC(CCSC)C(=O)NC(CC(N)=O)C(=O)NC(CCCN=C(N)N)C(=O)O. The number of hydrogen-bond acceptors (Lipinski definition) is 9. The van der Waals surface area contributed by atoms with Gasteiger partial charge in [0.25, 0.3) is 0 Å². The molecule has 0 rings (SSSR count). The van der Waals surface area contributed by atoms with Gasteiger partial charge >= 0.3 is 5.97 Å². The lowest BCUT2D eigenvalue weighted by atomic mass is 10.1. The molecule has 0 radical (unpaired) electrons. The molecule has 0 aromatic rings. The van der Waals surface area contributed by atoms with Crippen LogP contribution in [0.3, 0.4) is 0 Å². The normalized spacial score (nSPS) is 14.0. The van der Waals surface area contributed by atoms with Crippen molar-refractivity contribution in [2.24, 2.45) is 27.9 Å². The maximum atomic E-state index is 12.9. The number of aliphatic imine (C=N–C) groups is 1. The highest BCUT2D eigenvalue weighted by Crippen LogP contribution is 2.06. The summed E-state index contributed by atoms with van der Waals surface area (Å²) < 4.78 is 0. The van der Waals surface area contributed by atoms with Gasteiger partial charge in [0, 0.05) is 6.54 Å². The Morgan fingerprint density at radius 3 is 1.86 bits per heavy atom. The van der Waals surface area contributed by atoms with E-state index in [1.54, 1.807) is 0 Å². The molecule has 4 amide bonds. The molecule has 4 atom stereocenters. The zero-order chi connectivity index (χ0) is 27.7. The van der Waals surface area contributed by atoms with Crippen LogP contribution in [0, 0.1) is 0 Å². The highest BCUT2D eigenvalue weighted by molar-refractivity contribution is 7.98. The van der Waals surface area contributed by atoms with Gasteiger partial charge in [-0.1, -0.05) is 0 Å². The van der Waals surface area contributed by atoms with E-state index in [0.717, 1.165) is 0 Å². The largest absolute Gasteiger partial charge is 0.480 e. The van der Waals surface area contributed by atoms with E-state index in [4.69, 9.17) is 22.9 Å². The number of carbonyl (C=O) groups excluding carboxylic acids is 4. The van der Waals surface area contributed by atoms with Crippen molar-refractivity contribution in [1.82, 2.24) is 16.0 Å². The maximum absolute atomic E-state index is 12.9. The molecular formula is C20H38N8O6S2. The molecule has 0 bridgehead atoms. The fraction of sp³-hybridized carbons (Fsp3) is 0.700. The van der Waals surface area contributed by atoms with E-state index in [2.05, 4.69) is 20.9 Å². The average Bonchev–Trinajstić information content (AvgIpc) is 2.80. The predicted octanol–water partition coefficient (Wildman–Crippen LogP) is -2.71. The Bertz CT molecular complexity index is 781. The number of nitrogens with zero attached hydrogens (tertiary/aromatic N) is 1. The van der Waals surface area contributed by atoms with Crippen LogP contribution in [0.15, 0.2) is 4.99 Å². The summed E-state index contributed by atoms with van der Waals surface area (Å²) in [6.07, 6.45) is 4.02. The van der Waals surface area contributed by atoms with Gasteiger partial charge in [0.1, 0.15) is 18.1 Å². The fourth-order valence-electron chi connectivity index (χ4n) is 2.88. The topological polar surface area (TPSA) is 258 Å². The van der Waals surface area contributed by atoms with Crippen LogP contribution in [-0.4, -0.2) is 95.4 Å². The fourth-order valence-corrected chi connectivity index (χ4v) is 3.84. The van der Waals surface area contributed by atoms with Crippen LogP contribution in [0.25, 0.3) is 0 Å². The first kappa shape index (κ1) is 33.3. The van der Waals surface area contributed by atoms with Crippen molar-refractivity contribution in [2.45, 2.75) is 56.3 Å². The van der Waals surface area contributed by atoms with E-state index < -0.39 is 60.2 Å². The first-order chi connectivity index (χ1) is 16.9. The zero-order valence-electron chi connectivity index (χ0n) is 20.5. The molecule has 0 spiro atoms. The third-order valence-corrected chi connectivity index (χ3v) is 6.10. The summed E-state index contributed by atoms with van der Waals surface area (Å²) in [4.78, 5) is 65.0. The minimum Gasteiger partial charge on any atom is -0.480 e. The number of rotatable bonds is 19. The molecule has 0 aliphatic rings. The Morgan fingerprint density at radius 2 is 1.33 bits per heavy atom. The number of amides is 4. The Balaban J connectivity index is 5.41. The number of carbonyl (C=O) groups is 5. The summed E-state index contributed by atoms with van der Waals surface area (Å²) in [5.74, 6) is -3.34. The predicted molar refractivity (Wildman–Crippen MR) is 141 cm³/mol. The number of carboxylic acid groups (broad SMARTS) is 1. The average molecular weight is 551 g/mol. The van der Waals surface area contributed by atoms with Gasteiger partial charge in [0.05, 0.1) is 12.5 Å². The molecule has 0 aliphatic carbocycles. The summed E-state index contributed by atoms with van der Waals surface area (Å²) in [5, 5.41) is 16.7. The zero-order valence-corrected chi connectivity index (χ0v) is 22.2. The van der Waals surface area contributed by atoms with Crippen LogP contribution in [0.2, 0.25) is 0 Å². The number of hydrogen-bond donors (Lipinski definition) is 8. The number of primary amides is 1. The van der Waals surface area contributed by atoms with E-state index >= 15 is 0 Å². The van der Waals surface area contributed by atoms with Crippen molar-refractivity contribution in [3.63, 3.8) is 0 Å². The van der Waals surface area contributed by atoms with Crippen molar-refractivity contribution >= 4 is 59.1 Å². The minimum absolute atomic E-state index is 0.00453. The minimum atomic E-state index is -1.45. The molecule has 16 heteroatoms. The van der Waals surface area contributed by atoms with E-state index in [-0.39, 0.29) is 31.8 Å². The van der Waals surface area contributed by atoms with Crippen LogP contribution in [-0.2, 0) is 24.0 Å². The lowest BCUT2D eigenvalue weighted by Gasteiger charge is -2.24. The monoisotopic (exact) mass is 550 g/mol. The smallest absolute Gasteiger partial charge is 0.326 e. The molecule has 4 unspecified atom stereocenters. The van der Waals surface area contributed by atoms with E-state index in [1.165, 1.54) is 23.5 Å². The molecule has 0 heterocycles. The molecule has 36 heavy (non-hydrogen) atoms. The van der Waals surface area contributed by atoms with Crippen LogP contribution in [0.1, 0.15) is 32.1 Å². The summed E-state index contributed by atoms with van der Waals surface area (Å²) in [7, 11) is 0. The second kappa shape index (κ2) is 18.5. The number of guanidine groups is 1. The number of carboxylic acids is 1. The number of nitrogens with one attached hydrogen (secondary N) is 3. The van der Waals surface area contributed by atoms with Gasteiger partial charge in [-0.2, -0.15) is 23.5 Å². The summed E-state index contributed by atoms with van der Waals surface area (Å²) in [6, 6.07) is -4.61. The first-order valence-corrected chi connectivity index (χ1v) is 13.9. The third kappa shape index (κ3) is 14.6. The molecule has 0 fully saturated rings. The Morgan fingerprint density at radius 1 is 0.806 bits per heavy atom. The van der Waals surface area contributed by atoms with Crippen molar-refractivity contribution < 1.29 is 29.1 Å². The number of aliphatic carboxylic acids is 1. The molecule has 206 valence electrons. The van der Waals surface area contributed by atoms with E-state index in [1.807, 2.05) is 12.5 Å². The second-order valence-corrected chi connectivity index (χ2v) is 9.78. The standard InChI is InChI=1S/C20H38N8O6S2/c1-35-8-5-11(21)16(30)26-12(6-9-36-2)17(31)28-14(10-15(22)29)18(32)27-13(19(33)34)4-3-7-25-20(23)24/h11-14H,3-10,21H2,1-2H3,(H2,22,29)(H,26,30)(H,27,32)(H,28,31)(H,33,34)(H4,23,24,25). The maximum Gasteiger partial charge on any atom is 0.326 e. The molecule has 0 aromatic heterocycles. The summed E-state index contributed by atoms with van der Waals surface area (Å²) in [5.41, 5.74) is 21.6. The molecule has 14 nitrogen and oxygen atoms in total. The Hall–Kier alpha value is -2.72.